The van der Waals surface area contributed by atoms with Crippen LogP contribution in [0, 0.1) is 0 Å². The van der Waals surface area contributed by atoms with Crippen molar-refractivity contribution >= 4 is 12.1 Å². The zero-order valence-electron chi connectivity index (χ0n) is 11.9. The van der Waals surface area contributed by atoms with E-state index in [-0.39, 0.29) is 26.1 Å². The molecule has 2 atom stereocenters. The lowest BCUT2D eigenvalue weighted by molar-refractivity contribution is -0.142. The van der Waals surface area contributed by atoms with Crippen molar-refractivity contribution in [3.63, 3.8) is 0 Å². The molecule has 1 aliphatic rings. The summed E-state index contributed by atoms with van der Waals surface area (Å²) in [7, 11) is 0. The Morgan fingerprint density at radius 1 is 1.45 bits per heavy atom. The summed E-state index contributed by atoms with van der Waals surface area (Å²) in [5, 5.41) is 10.2. The normalized spacial score (nSPS) is 23.1. The molecule has 0 aromatic carbocycles. The van der Waals surface area contributed by atoms with Crippen LogP contribution in [0.25, 0.3) is 0 Å². The average Bonchev–Trinajstić information content (AvgIpc) is 2.47. The van der Waals surface area contributed by atoms with Crippen molar-refractivity contribution in [3.05, 3.63) is 0 Å². The van der Waals surface area contributed by atoms with Gasteiger partial charge in [-0.25, -0.2) is 4.79 Å². The number of hydrogen-bond donors (Lipinski definition) is 1. The van der Waals surface area contributed by atoms with E-state index >= 15 is 0 Å². The number of carbonyl (C=O) groups is 2. The van der Waals surface area contributed by atoms with E-state index in [1.165, 1.54) is 6.92 Å². The fourth-order valence-electron chi connectivity index (χ4n) is 1.95. The molecule has 1 fully saturated rings. The summed E-state index contributed by atoms with van der Waals surface area (Å²) < 4.78 is 14.9. The second-order valence-electron chi connectivity index (χ2n) is 5.69. The number of hydrogen-bond acceptors (Lipinski definition) is 6. The molecule has 0 unspecified atom stereocenters. The lowest BCUT2D eigenvalue weighted by atomic mass is 9.90. The zero-order chi connectivity index (χ0) is 14.7. The quantitative estimate of drug-likeness (QED) is 0.756. The molecular weight excluding hydrogens is 264 g/mol. The Labute approximate surface area is 120 Å². The number of aliphatic hydroxyl groups is 1. The highest BCUT2D eigenvalue weighted by Crippen LogP contribution is 2.31. The van der Waals surface area contributed by atoms with Gasteiger partial charge in [-0.05, 0) is 33.6 Å². The van der Waals surface area contributed by atoms with Gasteiger partial charge in [0.2, 0.25) is 0 Å². The minimum absolute atomic E-state index is 0. The minimum Gasteiger partial charge on any atom is -0.466 e. The maximum absolute atomic E-state index is 11.1. The fraction of sp³-hybridized carbons (Fsp3) is 0.857. The highest BCUT2D eigenvalue weighted by molar-refractivity contribution is 5.65. The molecule has 1 aliphatic heterocycles. The van der Waals surface area contributed by atoms with Crippen LogP contribution in [0.3, 0.4) is 0 Å². The van der Waals surface area contributed by atoms with Crippen LogP contribution in [0.2, 0.25) is 0 Å². The van der Waals surface area contributed by atoms with Gasteiger partial charge in [-0.15, -0.1) is 0 Å². The first kappa shape index (κ1) is 18.7. The standard InChI is InChI=1S/C13H22O6.CH4/c1-9(14)17-8-7-13(4,16)6-5-10-12(2,3)19-11(15)18-10;/h10,16H,5-8H2,1-4H3;1H4/t10-,13-;/m1./s1. The zero-order valence-corrected chi connectivity index (χ0v) is 11.9. The van der Waals surface area contributed by atoms with Gasteiger partial charge in [0, 0.05) is 13.3 Å². The molecule has 6 heteroatoms. The Morgan fingerprint density at radius 2 is 2.05 bits per heavy atom. The highest BCUT2D eigenvalue weighted by atomic mass is 16.8. The van der Waals surface area contributed by atoms with E-state index in [0.29, 0.717) is 19.3 Å². The molecule has 1 N–H and O–H groups in total. The van der Waals surface area contributed by atoms with Gasteiger partial charge < -0.3 is 19.3 Å². The number of cyclic esters (lactones) is 2. The molecule has 118 valence electrons. The Bertz CT molecular complexity index is 348. The summed E-state index contributed by atoms with van der Waals surface area (Å²) >= 11 is 0. The van der Waals surface area contributed by atoms with Crippen LogP contribution in [0.4, 0.5) is 4.79 Å². The number of ether oxygens (including phenoxy) is 3. The molecule has 6 nitrogen and oxygen atoms in total. The largest absolute Gasteiger partial charge is 0.509 e. The van der Waals surface area contributed by atoms with Crippen molar-refractivity contribution in [1.29, 1.82) is 0 Å². The van der Waals surface area contributed by atoms with Crippen LogP contribution in [0.15, 0.2) is 0 Å². The van der Waals surface area contributed by atoms with Gasteiger partial charge in [0.05, 0.1) is 12.2 Å². The van der Waals surface area contributed by atoms with Gasteiger partial charge in [-0.3, -0.25) is 4.79 Å². The lowest BCUT2D eigenvalue weighted by Crippen LogP contribution is -2.36. The van der Waals surface area contributed by atoms with Crippen LogP contribution >= 0.6 is 0 Å². The van der Waals surface area contributed by atoms with E-state index in [1.54, 1.807) is 20.8 Å². The van der Waals surface area contributed by atoms with E-state index < -0.39 is 17.4 Å². The van der Waals surface area contributed by atoms with Crippen LogP contribution in [0.1, 0.15) is 54.4 Å². The van der Waals surface area contributed by atoms with Gasteiger partial charge in [-0.2, -0.15) is 0 Å². The Kier molecular flexibility index (Phi) is 6.47. The maximum Gasteiger partial charge on any atom is 0.509 e. The molecule has 1 saturated heterocycles. The van der Waals surface area contributed by atoms with Gasteiger partial charge in [-0.1, -0.05) is 7.43 Å². The topological polar surface area (TPSA) is 82.1 Å². The van der Waals surface area contributed by atoms with Crippen molar-refractivity contribution < 1.29 is 28.9 Å². The summed E-state index contributed by atoms with van der Waals surface area (Å²) in [6, 6.07) is 0. The predicted molar refractivity (Wildman–Crippen MR) is 73.3 cm³/mol. The highest BCUT2D eigenvalue weighted by Gasteiger charge is 2.44. The summed E-state index contributed by atoms with van der Waals surface area (Å²) in [4.78, 5) is 21.7. The van der Waals surface area contributed by atoms with Crippen LogP contribution in [-0.2, 0) is 19.0 Å². The molecule has 0 saturated carbocycles. The van der Waals surface area contributed by atoms with Gasteiger partial charge in [0.1, 0.15) is 11.7 Å². The van der Waals surface area contributed by atoms with E-state index in [2.05, 4.69) is 0 Å². The van der Waals surface area contributed by atoms with Crippen LogP contribution in [0.5, 0.6) is 0 Å². The molecular formula is C14H26O6. The van der Waals surface area contributed by atoms with Crippen LogP contribution in [-0.4, -0.2) is 41.1 Å². The maximum atomic E-state index is 11.1. The number of esters is 1. The van der Waals surface area contributed by atoms with E-state index in [0.717, 1.165) is 0 Å². The molecule has 0 aromatic rings. The van der Waals surface area contributed by atoms with E-state index in [1.807, 2.05) is 0 Å². The first-order valence-corrected chi connectivity index (χ1v) is 6.38. The van der Waals surface area contributed by atoms with E-state index in [9.17, 15) is 14.7 Å². The monoisotopic (exact) mass is 290 g/mol. The molecule has 20 heavy (non-hydrogen) atoms. The third-order valence-corrected chi connectivity index (χ3v) is 3.25. The van der Waals surface area contributed by atoms with E-state index in [4.69, 9.17) is 14.2 Å². The van der Waals surface area contributed by atoms with Gasteiger partial charge >= 0.3 is 12.1 Å². The summed E-state index contributed by atoms with van der Waals surface area (Å²) in [5.41, 5.74) is -1.65. The Balaban J connectivity index is 0.00000361. The molecule has 1 rings (SSSR count). The fourth-order valence-corrected chi connectivity index (χ4v) is 1.95. The first-order valence-electron chi connectivity index (χ1n) is 6.38. The summed E-state index contributed by atoms with van der Waals surface area (Å²) in [6.07, 6.45) is 0.217. The van der Waals surface area contributed by atoms with Crippen molar-refractivity contribution in [1.82, 2.24) is 0 Å². The van der Waals surface area contributed by atoms with Crippen molar-refractivity contribution in [3.8, 4) is 0 Å². The second kappa shape index (κ2) is 6.92. The number of rotatable bonds is 6. The smallest absolute Gasteiger partial charge is 0.466 e. The SMILES string of the molecule is C.CC(=O)OCC[C@](C)(O)CC[C@H]1OC(=O)OC1(C)C. The Hall–Kier alpha value is -1.30. The minimum atomic E-state index is -0.972. The molecule has 0 amide bonds. The summed E-state index contributed by atoms with van der Waals surface area (Å²) in [5.74, 6) is -0.366. The van der Waals surface area contributed by atoms with Crippen molar-refractivity contribution in [2.75, 3.05) is 6.61 Å². The average molecular weight is 290 g/mol. The van der Waals surface area contributed by atoms with Gasteiger partial charge in [0.15, 0.2) is 0 Å². The van der Waals surface area contributed by atoms with Crippen molar-refractivity contribution in [2.45, 2.75) is 71.7 Å². The molecule has 0 radical (unpaired) electrons. The second-order valence-corrected chi connectivity index (χ2v) is 5.69. The lowest BCUT2D eigenvalue weighted by Gasteiger charge is -2.27. The van der Waals surface area contributed by atoms with Gasteiger partial charge in [0.25, 0.3) is 0 Å². The third-order valence-electron chi connectivity index (χ3n) is 3.25. The molecule has 0 bridgehead atoms. The third kappa shape index (κ3) is 5.77. The van der Waals surface area contributed by atoms with Crippen LogP contribution < -0.4 is 0 Å². The number of carbonyl (C=O) groups excluding carboxylic acids is 2. The van der Waals surface area contributed by atoms with Crippen molar-refractivity contribution in [2.24, 2.45) is 0 Å². The molecule has 0 aliphatic carbocycles. The predicted octanol–water partition coefficient (Wildman–Crippen LogP) is 2.42. The first-order chi connectivity index (χ1) is 8.62. The molecule has 1 heterocycles. The summed E-state index contributed by atoms with van der Waals surface area (Å²) in [6.45, 7) is 6.71. The molecule has 0 spiro atoms. The molecule has 0 aromatic heterocycles. The Morgan fingerprint density at radius 3 is 2.50 bits per heavy atom.